The van der Waals surface area contributed by atoms with Gasteiger partial charge in [-0.1, -0.05) is 94.4 Å². The summed E-state index contributed by atoms with van der Waals surface area (Å²) in [6.45, 7) is 16.1. The summed E-state index contributed by atoms with van der Waals surface area (Å²) in [4.78, 5) is 10.2. The number of anilines is 5. The number of hydrogen-bond acceptors (Lipinski definition) is 4. The molecule has 0 radical (unpaired) electrons. The number of nitrogens with zero attached hydrogens (tertiary/aromatic N) is 4. The van der Waals surface area contributed by atoms with E-state index in [0.717, 1.165) is 6.42 Å². The maximum atomic E-state index is 2.59. The standard InChI is InChI=1S/C39H46N4/c1-26(2)32-18-15-19-33(27(3)4)39(32)41-25-31(42(30(41)7)34-20-11-9-16-28(34)5)24-38-40(8)36-22-13-14-23-37(36)43(38)35-21-12-10-17-29(35)6/h9-23,25-27,30,38H,24H2,1-8H3. The van der Waals surface area contributed by atoms with Gasteiger partial charge >= 0.3 is 0 Å². The topological polar surface area (TPSA) is 13.0 Å². The molecule has 0 aliphatic carbocycles. The van der Waals surface area contributed by atoms with Crippen molar-refractivity contribution >= 4 is 28.4 Å². The van der Waals surface area contributed by atoms with Crippen LogP contribution in [0.2, 0.25) is 0 Å². The molecule has 0 aromatic heterocycles. The maximum absolute atomic E-state index is 2.59. The highest BCUT2D eigenvalue weighted by atomic mass is 15.4. The monoisotopic (exact) mass is 570 g/mol. The third-order valence-electron chi connectivity index (χ3n) is 9.38. The maximum Gasteiger partial charge on any atom is 0.112 e. The molecular formula is C39H46N4. The summed E-state index contributed by atoms with van der Waals surface area (Å²) in [6, 6.07) is 33.4. The van der Waals surface area contributed by atoms with Crippen LogP contribution in [-0.2, 0) is 0 Å². The van der Waals surface area contributed by atoms with Crippen molar-refractivity contribution in [3.05, 3.63) is 125 Å². The molecule has 0 saturated carbocycles. The van der Waals surface area contributed by atoms with E-state index in [-0.39, 0.29) is 12.3 Å². The molecule has 2 unspecified atom stereocenters. The Bertz CT molecular complexity index is 1620. The minimum atomic E-state index is 0.133. The first-order chi connectivity index (χ1) is 20.7. The van der Waals surface area contributed by atoms with Gasteiger partial charge in [0, 0.05) is 42.4 Å². The van der Waals surface area contributed by atoms with Gasteiger partial charge in [-0.25, -0.2) is 0 Å². The van der Waals surface area contributed by atoms with Crippen LogP contribution in [0.5, 0.6) is 0 Å². The Morgan fingerprint density at radius 3 is 1.63 bits per heavy atom. The molecule has 0 saturated heterocycles. The summed E-state index contributed by atoms with van der Waals surface area (Å²) in [5.74, 6) is 0.856. The van der Waals surface area contributed by atoms with Crippen LogP contribution in [0.15, 0.2) is 103 Å². The quantitative estimate of drug-likeness (QED) is 0.219. The molecule has 0 N–H and O–H groups in total. The van der Waals surface area contributed by atoms with E-state index in [1.807, 2.05) is 0 Å². The number of para-hydroxylation sites is 5. The SMILES string of the molecule is Cc1ccccc1N1C(CC2N(C)c3ccccc3N2c2ccccc2C)=CN(c2c(C(C)C)cccc2C(C)C)C1C. The molecule has 2 atom stereocenters. The summed E-state index contributed by atoms with van der Waals surface area (Å²) in [6.07, 6.45) is 3.59. The number of hydrogen-bond donors (Lipinski definition) is 0. The Balaban J connectivity index is 1.51. The van der Waals surface area contributed by atoms with Gasteiger partial charge in [0.25, 0.3) is 0 Å². The molecule has 43 heavy (non-hydrogen) atoms. The Hall–Kier alpha value is -4.18. The summed E-state index contributed by atoms with van der Waals surface area (Å²) < 4.78 is 0. The molecule has 4 nitrogen and oxygen atoms in total. The number of fused-ring (bicyclic) bond motifs is 1. The minimum absolute atomic E-state index is 0.133. The summed E-state index contributed by atoms with van der Waals surface area (Å²) in [5.41, 5.74) is 13.2. The highest BCUT2D eigenvalue weighted by Crippen LogP contribution is 2.48. The van der Waals surface area contributed by atoms with Gasteiger partial charge in [0.1, 0.15) is 12.3 Å². The number of aryl methyl sites for hydroxylation is 2. The lowest BCUT2D eigenvalue weighted by molar-refractivity contribution is 0.634. The second-order valence-corrected chi connectivity index (χ2v) is 12.9. The van der Waals surface area contributed by atoms with Gasteiger partial charge in [-0.2, -0.15) is 0 Å². The summed E-state index contributed by atoms with van der Waals surface area (Å²) in [5, 5.41) is 0. The lowest BCUT2D eigenvalue weighted by atomic mass is 9.92. The smallest absolute Gasteiger partial charge is 0.112 e. The molecule has 4 aromatic carbocycles. The average molecular weight is 571 g/mol. The molecule has 0 amide bonds. The van der Waals surface area contributed by atoms with E-state index in [0.29, 0.717) is 11.8 Å². The molecule has 6 rings (SSSR count). The van der Waals surface area contributed by atoms with Crippen LogP contribution in [0.25, 0.3) is 0 Å². The number of benzene rings is 4. The van der Waals surface area contributed by atoms with E-state index in [1.165, 1.54) is 56.4 Å². The van der Waals surface area contributed by atoms with Crippen LogP contribution < -0.4 is 19.6 Å². The van der Waals surface area contributed by atoms with Crippen molar-refractivity contribution in [2.24, 2.45) is 0 Å². The molecule has 4 aromatic rings. The Labute approximate surface area is 258 Å². The van der Waals surface area contributed by atoms with E-state index >= 15 is 0 Å². The molecule has 0 bridgehead atoms. The van der Waals surface area contributed by atoms with Crippen molar-refractivity contribution < 1.29 is 0 Å². The fraction of sp³-hybridized carbons (Fsp3) is 0.333. The van der Waals surface area contributed by atoms with Crippen molar-refractivity contribution in [3.8, 4) is 0 Å². The second kappa shape index (κ2) is 11.5. The van der Waals surface area contributed by atoms with Gasteiger partial charge in [-0.15, -0.1) is 0 Å². The van der Waals surface area contributed by atoms with Crippen LogP contribution >= 0.6 is 0 Å². The number of rotatable bonds is 7. The predicted molar refractivity (Wildman–Crippen MR) is 185 cm³/mol. The molecule has 2 heterocycles. The molecule has 222 valence electrons. The molecule has 4 heteroatoms. The van der Waals surface area contributed by atoms with Gasteiger partial charge < -0.3 is 19.6 Å². The van der Waals surface area contributed by atoms with Crippen molar-refractivity contribution in [2.75, 3.05) is 26.6 Å². The zero-order valence-corrected chi connectivity index (χ0v) is 27.0. The van der Waals surface area contributed by atoms with Crippen molar-refractivity contribution in [1.82, 2.24) is 0 Å². The van der Waals surface area contributed by atoms with Crippen LogP contribution in [0.1, 0.15) is 75.1 Å². The predicted octanol–water partition coefficient (Wildman–Crippen LogP) is 10.1. The van der Waals surface area contributed by atoms with E-state index < -0.39 is 0 Å². The Morgan fingerprint density at radius 2 is 1.09 bits per heavy atom. The largest absolute Gasteiger partial charge is 0.352 e. The van der Waals surface area contributed by atoms with Crippen molar-refractivity contribution in [3.63, 3.8) is 0 Å². The van der Waals surface area contributed by atoms with E-state index in [1.54, 1.807) is 0 Å². The van der Waals surface area contributed by atoms with E-state index in [4.69, 9.17) is 0 Å². The van der Waals surface area contributed by atoms with Gasteiger partial charge in [-0.05, 0) is 79.1 Å². The summed E-state index contributed by atoms with van der Waals surface area (Å²) in [7, 11) is 2.25. The van der Waals surface area contributed by atoms with Gasteiger partial charge in [0.2, 0.25) is 0 Å². The van der Waals surface area contributed by atoms with E-state index in [9.17, 15) is 0 Å². The highest BCUT2D eigenvalue weighted by Gasteiger charge is 2.40. The third-order valence-corrected chi connectivity index (χ3v) is 9.38. The zero-order chi connectivity index (χ0) is 30.4. The lowest BCUT2D eigenvalue weighted by Crippen LogP contribution is -2.42. The first-order valence-electron chi connectivity index (χ1n) is 15.8. The fourth-order valence-corrected chi connectivity index (χ4v) is 7.10. The zero-order valence-electron chi connectivity index (χ0n) is 27.0. The van der Waals surface area contributed by atoms with Gasteiger partial charge in [0.05, 0.1) is 11.4 Å². The van der Waals surface area contributed by atoms with Crippen molar-refractivity contribution in [2.45, 2.75) is 79.1 Å². The van der Waals surface area contributed by atoms with Crippen LogP contribution in [0.4, 0.5) is 28.4 Å². The molecular weight excluding hydrogens is 524 g/mol. The Kier molecular flexibility index (Phi) is 7.72. The third kappa shape index (κ3) is 4.97. The van der Waals surface area contributed by atoms with Gasteiger partial charge in [-0.3, -0.25) is 0 Å². The average Bonchev–Trinajstić information content (AvgIpc) is 3.46. The minimum Gasteiger partial charge on any atom is -0.352 e. The van der Waals surface area contributed by atoms with Crippen molar-refractivity contribution in [1.29, 1.82) is 0 Å². The fourth-order valence-electron chi connectivity index (χ4n) is 7.10. The van der Waals surface area contributed by atoms with Crippen LogP contribution in [0.3, 0.4) is 0 Å². The summed E-state index contributed by atoms with van der Waals surface area (Å²) >= 11 is 0. The second-order valence-electron chi connectivity index (χ2n) is 12.9. The van der Waals surface area contributed by atoms with Gasteiger partial charge in [0.15, 0.2) is 0 Å². The molecule has 0 fully saturated rings. The first-order valence-corrected chi connectivity index (χ1v) is 15.8. The molecule has 2 aliphatic rings. The normalized spacial score (nSPS) is 18.2. The van der Waals surface area contributed by atoms with Crippen LogP contribution in [-0.4, -0.2) is 19.4 Å². The molecule has 2 aliphatic heterocycles. The highest BCUT2D eigenvalue weighted by molar-refractivity contribution is 5.85. The van der Waals surface area contributed by atoms with E-state index in [2.05, 4.69) is 172 Å². The lowest BCUT2D eigenvalue weighted by Gasteiger charge is -2.37. The van der Waals surface area contributed by atoms with Crippen LogP contribution in [0, 0.1) is 13.8 Å². The Morgan fingerprint density at radius 1 is 0.605 bits per heavy atom. The molecule has 0 spiro atoms. The first kappa shape index (κ1) is 28.9.